The summed E-state index contributed by atoms with van der Waals surface area (Å²) in [6, 6.07) is 7.79. The van der Waals surface area contributed by atoms with Crippen molar-refractivity contribution in [2.75, 3.05) is 16.8 Å². The summed E-state index contributed by atoms with van der Waals surface area (Å²) < 4.78 is 9.74. The van der Waals surface area contributed by atoms with E-state index in [0.717, 1.165) is 34.8 Å². The van der Waals surface area contributed by atoms with Gasteiger partial charge in [-0.25, -0.2) is 4.79 Å². The van der Waals surface area contributed by atoms with Crippen molar-refractivity contribution in [2.24, 2.45) is 0 Å². The molecule has 5 nitrogen and oxygen atoms in total. The zero-order chi connectivity index (χ0) is 18.0. The van der Waals surface area contributed by atoms with Crippen molar-refractivity contribution >= 4 is 41.6 Å². The minimum atomic E-state index is -0.310. The summed E-state index contributed by atoms with van der Waals surface area (Å²) in [6.07, 6.45) is 1.31. The highest BCUT2D eigenvalue weighted by Crippen LogP contribution is 2.35. The Morgan fingerprint density at radius 1 is 1.44 bits per heavy atom. The molecule has 1 aliphatic heterocycles. The average molecular weight is 355 g/mol. The fourth-order valence-electron chi connectivity index (χ4n) is 3.04. The third kappa shape index (κ3) is 4.15. The van der Waals surface area contributed by atoms with Gasteiger partial charge in [-0.3, -0.25) is 4.90 Å². The van der Waals surface area contributed by atoms with E-state index in [-0.39, 0.29) is 18.2 Å². The van der Waals surface area contributed by atoms with Crippen LogP contribution in [0.25, 0.3) is 0 Å². The number of nitrogens with zero attached hydrogens (tertiary/aromatic N) is 2. The van der Waals surface area contributed by atoms with Crippen LogP contribution in [0.1, 0.15) is 44.0 Å². The molecule has 2 heterocycles. The van der Waals surface area contributed by atoms with Crippen LogP contribution in [0.15, 0.2) is 24.3 Å². The quantitative estimate of drug-likeness (QED) is 0.856. The molecule has 130 valence electrons. The molecular formula is C18H22BN3O2S. The Labute approximate surface area is 154 Å². The molecule has 0 spiro atoms. The number of fused-ring (bicyclic) bond motifs is 1. The van der Waals surface area contributed by atoms with Gasteiger partial charge in [0.2, 0.25) is 0 Å². The molecular weight excluding hydrogens is 333 g/mol. The summed E-state index contributed by atoms with van der Waals surface area (Å²) >= 11 is 1.45. The van der Waals surface area contributed by atoms with E-state index in [1.165, 1.54) is 11.5 Å². The van der Waals surface area contributed by atoms with Gasteiger partial charge >= 0.3 is 6.09 Å². The molecule has 2 aromatic rings. The summed E-state index contributed by atoms with van der Waals surface area (Å²) in [7, 11) is 6.02. The van der Waals surface area contributed by atoms with E-state index in [1.807, 2.05) is 45.0 Å². The lowest BCUT2D eigenvalue weighted by Crippen LogP contribution is -2.34. The second-order valence-corrected chi connectivity index (χ2v) is 7.38. The normalized spacial score (nSPS) is 17.1. The number of carbonyl (C=O) groups excluding carboxylic acids is 1. The Morgan fingerprint density at radius 3 is 2.92 bits per heavy atom. The number of hydrogen-bond acceptors (Lipinski definition) is 5. The molecule has 0 fully saturated rings. The Hall–Kier alpha value is -2.02. The first-order valence-electron chi connectivity index (χ1n) is 8.51. The third-order valence-electron chi connectivity index (χ3n) is 4.09. The van der Waals surface area contributed by atoms with Crippen LogP contribution in [-0.4, -0.2) is 31.0 Å². The Morgan fingerprint density at radius 2 is 2.24 bits per heavy atom. The predicted octanol–water partition coefficient (Wildman–Crippen LogP) is 3.54. The number of aromatic nitrogens is 1. The summed E-state index contributed by atoms with van der Waals surface area (Å²) in [4.78, 5) is 14.2. The Kier molecular flexibility index (Phi) is 5.32. The van der Waals surface area contributed by atoms with E-state index < -0.39 is 0 Å². The summed E-state index contributed by atoms with van der Waals surface area (Å²) in [5.41, 5.74) is 3.56. The van der Waals surface area contributed by atoms with Crippen LogP contribution in [-0.2, 0) is 4.74 Å². The van der Waals surface area contributed by atoms with E-state index in [0.29, 0.717) is 12.0 Å². The highest BCUT2D eigenvalue weighted by Gasteiger charge is 2.28. The van der Waals surface area contributed by atoms with Crippen LogP contribution in [0.2, 0.25) is 0 Å². The molecule has 0 aliphatic carbocycles. The highest BCUT2D eigenvalue weighted by molar-refractivity contribution is 7.10. The van der Waals surface area contributed by atoms with Gasteiger partial charge in [0, 0.05) is 6.54 Å². The SMILES string of the molecule is [B]c1ccc2c(c1)C(Nc1cc(C)ns1)CCCN2C(=O)OC(C)C. The number of nitrogens with one attached hydrogen (secondary N) is 1. The first kappa shape index (κ1) is 17.8. The molecule has 1 N–H and O–H groups in total. The maximum absolute atomic E-state index is 12.5. The fourth-order valence-corrected chi connectivity index (χ4v) is 3.75. The monoisotopic (exact) mass is 355 g/mol. The Balaban J connectivity index is 1.93. The summed E-state index contributed by atoms with van der Waals surface area (Å²) in [5, 5.41) is 4.57. The van der Waals surface area contributed by atoms with Crippen molar-refractivity contribution in [2.45, 2.75) is 45.8 Å². The van der Waals surface area contributed by atoms with Crippen molar-refractivity contribution in [3.8, 4) is 0 Å². The maximum Gasteiger partial charge on any atom is 0.414 e. The van der Waals surface area contributed by atoms with E-state index in [1.54, 1.807) is 4.90 Å². The third-order valence-corrected chi connectivity index (χ3v) is 4.91. The van der Waals surface area contributed by atoms with Gasteiger partial charge in [0.1, 0.15) is 12.8 Å². The van der Waals surface area contributed by atoms with E-state index in [4.69, 9.17) is 12.6 Å². The molecule has 1 aliphatic rings. The topological polar surface area (TPSA) is 54.5 Å². The standard InChI is InChI=1S/C18H22BN3O2S/c1-11(2)24-18(23)22-8-4-5-15(20-17-9-12(3)21-25-17)14-10-13(19)6-7-16(14)22/h6-7,9-11,15,20H,4-5,8H2,1-3H3. The van der Waals surface area contributed by atoms with Crippen LogP contribution >= 0.6 is 11.5 Å². The molecule has 7 heteroatoms. The van der Waals surface area contributed by atoms with Crippen molar-refractivity contribution in [1.29, 1.82) is 0 Å². The van der Waals surface area contributed by atoms with Crippen LogP contribution in [0, 0.1) is 6.92 Å². The van der Waals surface area contributed by atoms with Gasteiger partial charge in [-0.05, 0) is 62.8 Å². The minimum absolute atomic E-state index is 0.0789. The molecule has 0 saturated carbocycles. The molecule has 1 aromatic carbocycles. The minimum Gasteiger partial charge on any atom is -0.446 e. The van der Waals surface area contributed by atoms with Crippen LogP contribution in [0.3, 0.4) is 0 Å². The fraction of sp³-hybridized carbons (Fsp3) is 0.444. The lowest BCUT2D eigenvalue weighted by molar-refractivity contribution is 0.122. The van der Waals surface area contributed by atoms with E-state index in [2.05, 4.69) is 9.69 Å². The Bertz CT molecular complexity index is 763. The predicted molar refractivity (Wildman–Crippen MR) is 103 cm³/mol. The molecule has 1 aromatic heterocycles. The second kappa shape index (κ2) is 7.48. The maximum atomic E-state index is 12.5. The largest absolute Gasteiger partial charge is 0.446 e. The zero-order valence-corrected chi connectivity index (χ0v) is 15.6. The molecule has 1 atom stereocenters. The van der Waals surface area contributed by atoms with Gasteiger partial charge in [0.05, 0.1) is 23.5 Å². The molecule has 25 heavy (non-hydrogen) atoms. The van der Waals surface area contributed by atoms with Gasteiger partial charge in [-0.1, -0.05) is 17.6 Å². The van der Waals surface area contributed by atoms with Crippen LogP contribution in [0.4, 0.5) is 15.5 Å². The highest BCUT2D eigenvalue weighted by atomic mass is 32.1. The smallest absolute Gasteiger partial charge is 0.414 e. The van der Waals surface area contributed by atoms with Crippen molar-refractivity contribution in [3.05, 3.63) is 35.5 Å². The number of benzene rings is 1. The van der Waals surface area contributed by atoms with Crippen LogP contribution < -0.4 is 15.7 Å². The first-order chi connectivity index (χ1) is 11.9. The number of aryl methyl sites for hydroxylation is 1. The van der Waals surface area contributed by atoms with E-state index in [9.17, 15) is 4.79 Å². The average Bonchev–Trinajstić information content (AvgIpc) is 2.86. The van der Waals surface area contributed by atoms with Gasteiger partial charge in [-0.2, -0.15) is 4.37 Å². The van der Waals surface area contributed by atoms with E-state index >= 15 is 0 Å². The first-order valence-corrected chi connectivity index (χ1v) is 9.29. The molecule has 3 rings (SSSR count). The lowest BCUT2D eigenvalue weighted by Gasteiger charge is -2.25. The number of ether oxygens (including phenoxy) is 1. The molecule has 2 radical (unpaired) electrons. The number of hydrogen-bond donors (Lipinski definition) is 1. The second-order valence-electron chi connectivity index (χ2n) is 6.57. The zero-order valence-electron chi connectivity index (χ0n) is 14.8. The van der Waals surface area contributed by atoms with Crippen molar-refractivity contribution in [1.82, 2.24) is 4.37 Å². The number of anilines is 2. The number of rotatable bonds is 3. The van der Waals surface area contributed by atoms with Gasteiger partial charge < -0.3 is 10.1 Å². The molecule has 1 amide bonds. The number of amides is 1. The molecule has 1 unspecified atom stereocenters. The van der Waals surface area contributed by atoms with Gasteiger partial charge in [0.15, 0.2) is 0 Å². The van der Waals surface area contributed by atoms with Gasteiger partial charge in [-0.15, -0.1) is 0 Å². The summed E-state index contributed by atoms with van der Waals surface area (Å²) in [5.74, 6) is 0. The van der Waals surface area contributed by atoms with Crippen molar-refractivity contribution < 1.29 is 9.53 Å². The molecule has 0 saturated heterocycles. The van der Waals surface area contributed by atoms with Crippen molar-refractivity contribution in [3.63, 3.8) is 0 Å². The number of carbonyl (C=O) groups is 1. The van der Waals surface area contributed by atoms with Gasteiger partial charge in [0.25, 0.3) is 0 Å². The molecule has 0 bridgehead atoms. The lowest BCUT2D eigenvalue weighted by atomic mass is 9.90. The summed E-state index contributed by atoms with van der Waals surface area (Å²) in [6.45, 7) is 6.32. The van der Waals surface area contributed by atoms with Crippen LogP contribution in [0.5, 0.6) is 0 Å².